The molecule has 0 saturated carbocycles. The average Bonchev–Trinajstić information content (AvgIpc) is 2.13. The normalized spacial score (nSPS) is 25.7. The molecule has 0 spiro atoms. The van der Waals surface area contributed by atoms with Crippen LogP contribution in [0, 0.1) is 5.92 Å². The summed E-state index contributed by atoms with van der Waals surface area (Å²) in [7, 11) is 0. The van der Waals surface area contributed by atoms with Crippen molar-refractivity contribution in [1.82, 2.24) is 10.6 Å². The van der Waals surface area contributed by atoms with Crippen molar-refractivity contribution in [3.63, 3.8) is 0 Å². The zero-order valence-electron chi connectivity index (χ0n) is 10.7. The van der Waals surface area contributed by atoms with Gasteiger partial charge < -0.3 is 15.4 Å². The Morgan fingerprint density at radius 2 is 1.94 bits per heavy atom. The third kappa shape index (κ3) is 4.72. The number of nitrogens with one attached hydrogen (secondary N) is 2. The van der Waals surface area contributed by atoms with Gasteiger partial charge in [-0.25, -0.2) is 4.79 Å². The van der Waals surface area contributed by atoms with Gasteiger partial charge in [0.15, 0.2) is 0 Å². The molecule has 1 saturated heterocycles. The number of amides is 1. The Hall–Kier alpha value is -0.980. The van der Waals surface area contributed by atoms with Crippen LogP contribution in [0.5, 0.6) is 0 Å². The van der Waals surface area contributed by atoms with Gasteiger partial charge >= 0.3 is 12.3 Å². The number of piperidine rings is 1. The lowest BCUT2D eigenvalue weighted by atomic mass is 9.93. The lowest BCUT2D eigenvalue weighted by Crippen LogP contribution is -2.55. The van der Waals surface area contributed by atoms with Crippen LogP contribution in [-0.4, -0.2) is 37.0 Å². The third-order valence-electron chi connectivity index (χ3n) is 2.60. The second-order valence-electron chi connectivity index (χ2n) is 5.39. The van der Waals surface area contributed by atoms with Gasteiger partial charge in [-0.05, 0) is 33.7 Å². The topological polar surface area (TPSA) is 50.4 Å². The van der Waals surface area contributed by atoms with E-state index in [4.69, 9.17) is 4.74 Å². The zero-order chi connectivity index (χ0) is 14.0. The maximum atomic E-state index is 12.7. The molecule has 1 heterocycles. The largest absolute Gasteiger partial charge is 0.444 e. The smallest absolute Gasteiger partial charge is 0.407 e. The molecular weight excluding hydrogens is 249 g/mol. The van der Waals surface area contributed by atoms with Crippen LogP contribution < -0.4 is 10.6 Å². The number of carbonyl (C=O) groups excluding carboxylic acids is 1. The second-order valence-corrected chi connectivity index (χ2v) is 5.39. The summed E-state index contributed by atoms with van der Waals surface area (Å²) in [5, 5.41) is 4.99. The summed E-state index contributed by atoms with van der Waals surface area (Å²) in [5.41, 5.74) is -0.718. The van der Waals surface area contributed by atoms with Gasteiger partial charge in [0.1, 0.15) is 5.60 Å². The highest BCUT2D eigenvalue weighted by atomic mass is 19.4. The maximum absolute atomic E-state index is 12.7. The highest BCUT2D eigenvalue weighted by Crippen LogP contribution is 2.31. The number of alkyl carbamates (subject to hydrolysis) is 1. The number of hydrogen-bond donors (Lipinski definition) is 2. The van der Waals surface area contributed by atoms with Crippen LogP contribution >= 0.6 is 0 Å². The van der Waals surface area contributed by atoms with E-state index >= 15 is 0 Å². The first-order chi connectivity index (χ1) is 8.09. The lowest BCUT2D eigenvalue weighted by Gasteiger charge is -2.34. The molecule has 2 atom stereocenters. The molecule has 0 aromatic rings. The number of carbonyl (C=O) groups is 1. The van der Waals surface area contributed by atoms with Crippen LogP contribution in [0.15, 0.2) is 0 Å². The first-order valence-corrected chi connectivity index (χ1v) is 5.86. The molecule has 0 aromatic heterocycles. The van der Waals surface area contributed by atoms with E-state index in [2.05, 4.69) is 10.6 Å². The summed E-state index contributed by atoms with van der Waals surface area (Å²) in [5.74, 6) is -1.57. The van der Waals surface area contributed by atoms with Crippen molar-refractivity contribution >= 4 is 6.09 Å². The number of alkyl halides is 3. The predicted octanol–water partition coefficient (Wildman–Crippen LogP) is 2.05. The maximum Gasteiger partial charge on any atom is 0.407 e. The predicted molar refractivity (Wildman–Crippen MR) is 60.2 cm³/mol. The molecule has 106 valence electrons. The Morgan fingerprint density at radius 1 is 1.33 bits per heavy atom. The number of rotatable bonds is 1. The van der Waals surface area contributed by atoms with E-state index in [0.29, 0.717) is 6.54 Å². The minimum atomic E-state index is -4.33. The van der Waals surface area contributed by atoms with Crippen molar-refractivity contribution in [1.29, 1.82) is 0 Å². The molecule has 1 aliphatic rings. The number of halogens is 3. The van der Waals surface area contributed by atoms with Crippen molar-refractivity contribution in [3.05, 3.63) is 0 Å². The summed E-state index contributed by atoms with van der Waals surface area (Å²) in [4.78, 5) is 11.5. The minimum absolute atomic E-state index is 0.177. The molecule has 1 rings (SSSR count). The monoisotopic (exact) mass is 268 g/mol. The van der Waals surface area contributed by atoms with E-state index < -0.39 is 29.8 Å². The zero-order valence-corrected chi connectivity index (χ0v) is 10.7. The Labute approximate surface area is 104 Å². The van der Waals surface area contributed by atoms with Gasteiger partial charge in [-0.15, -0.1) is 0 Å². The highest BCUT2D eigenvalue weighted by molar-refractivity contribution is 5.68. The van der Waals surface area contributed by atoms with Crippen LogP contribution in [-0.2, 0) is 4.74 Å². The minimum Gasteiger partial charge on any atom is -0.444 e. The van der Waals surface area contributed by atoms with Crippen LogP contribution in [0.3, 0.4) is 0 Å². The molecule has 0 aliphatic carbocycles. The van der Waals surface area contributed by atoms with Gasteiger partial charge in [-0.3, -0.25) is 0 Å². The van der Waals surface area contributed by atoms with Crippen molar-refractivity contribution in [2.24, 2.45) is 5.92 Å². The summed E-state index contributed by atoms with van der Waals surface area (Å²) in [6.07, 6.45) is -4.89. The Balaban J connectivity index is 2.60. The van der Waals surface area contributed by atoms with E-state index in [1.807, 2.05) is 0 Å². The van der Waals surface area contributed by atoms with Crippen molar-refractivity contribution in [3.8, 4) is 0 Å². The molecule has 0 aromatic carbocycles. The first-order valence-electron chi connectivity index (χ1n) is 5.86. The van der Waals surface area contributed by atoms with Gasteiger partial charge in [0.05, 0.1) is 5.92 Å². The van der Waals surface area contributed by atoms with Crippen molar-refractivity contribution in [2.45, 2.75) is 45.0 Å². The molecular formula is C11H19F3N2O2. The molecule has 0 bridgehead atoms. The number of hydrogen-bond acceptors (Lipinski definition) is 3. The SMILES string of the molecule is CC(C)(C)OC(=O)NC1CCNCC1C(F)(F)F. The van der Waals surface area contributed by atoms with Crippen LogP contribution in [0.4, 0.5) is 18.0 Å². The number of ether oxygens (including phenoxy) is 1. The van der Waals surface area contributed by atoms with E-state index in [9.17, 15) is 18.0 Å². The summed E-state index contributed by atoms with van der Waals surface area (Å²) in [6, 6.07) is -0.930. The second kappa shape index (κ2) is 5.34. The van der Waals surface area contributed by atoms with E-state index in [-0.39, 0.29) is 13.0 Å². The fourth-order valence-corrected chi connectivity index (χ4v) is 1.83. The molecule has 1 aliphatic heterocycles. The van der Waals surface area contributed by atoms with Gasteiger partial charge in [0.25, 0.3) is 0 Å². The van der Waals surface area contributed by atoms with Crippen LogP contribution in [0.1, 0.15) is 27.2 Å². The molecule has 7 heteroatoms. The average molecular weight is 268 g/mol. The molecule has 18 heavy (non-hydrogen) atoms. The molecule has 4 nitrogen and oxygen atoms in total. The fourth-order valence-electron chi connectivity index (χ4n) is 1.83. The van der Waals surface area contributed by atoms with Gasteiger partial charge in [-0.2, -0.15) is 13.2 Å². The van der Waals surface area contributed by atoms with Crippen molar-refractivity contribution in [2.75, 3.05) is 13.1 Å². The van der Waals surface area contributed by atoms with E-state index in [1.54, 1.807) is 20.8 Å². The molecule has 2 N–H and O–H groups in total. The van der Waals surface area contributed by atoms with Crippen LogP contribution in [0.25, 0.3) is 0 Å². The first kappa shape index (κ1) is 15.1. The Kier molecular flexibility index (Phi) is 4.47. The van der Waals surface area contributed by atoms with Crippen LogP contribution in [0.2, 0.25) is 0 Å². The Morgan fingerprint density at radius 3 is 2.44 bits per heavy atom. The summed E-state index contributed by atoms with van der Waals surface area (Å²) < 4.78 is 43.2. The third-order valence-corrected chi connectivity index (χ3v) is 2.60. The highest BCUT2D eigenvalue weighted by Gasteiger charge is 2.46. The summed E-state index contributed by atoms with van der Waals surface area (Å²) >= 11 is 0. The summed E-state index contributed by atoms with van der Waals surface area (Å²) in [6.45, 7) is 5.26. The molecule has 0 radical (unpaired) electrons. The van der Waals surface area contributed by atoms with Gasteiger partial charge in [0, 0.05) is 12.6 Å². The quantitative estimate of drug-likeness (QED) is 0.765. The fraction of sp³-hybridized carbons (Fsp3) is 0.909. The molecule has 2 unspecified atom stereocenters. The van der Waals surface area contributed by atoms with Gasteiger partial charge in [0.2, 0.25) is 0 Å². The van der Waals surface area contributed by atoms with E-state index in [1.165, 1.54) is 0 Å². The van der Waals surface area contributed by atoms with E-state index in [0.717, 1.165) is 0 Å². The molecule has 1 amide bonds. The van der Waals surface area contributed by atoms with Crippen molar-refractivity contribution < 1.29 is 22.7 Å². The van der Waals surface area contributed by atoms with Gasteiger partial charge in [-0.1, -0.05) is 0 Å². The standard InChI is InChI=1S/C11H19F3N2O2/c1-10(2,3)18-9(17)16-8-4-5-15-6-7(8)11(12,13)14/h7-8,15H,4-6H2,1-3H3,(H,16,17). The lowest BCUT2D eigenvalue weighted by molar-refractivity contribution is -0.184. The molecule has 1 fully saturated rings. The Bertz CT molecular complexity index is 300.